The molecule has 1 aromatic rings. The van der Waals surface area contributed by atoms with Gasteiger partial charge in [-0.25, -0.2) is 0 Å². The number of allylic oxidation sites excluding steroid dienone is 1. The van der Waals surface area contributed by atoms with E-state index in [9.17, 15) is 5.26 Å². The summed E-state index contributed by atoms with van der Waals surface area (Å²) in [5.41, 5.74) is 7.62. The van der Waals surface area contributed by atoms with Crippen LogP contribution in [0.5, 0.6) is 0 Å². The highest BCUT2D eigenvalue weighted by atomic mass is 14.8. The molecule has 3 atom stereocenters. The minimum Gasteiger partial charge on any atom is -0.316 e. The third-order valence-corrected chi connectivity index (χ3v) is 6.77. The van der Waals surface area contributed by atoms with Crippen LogP contribution < -0.4 is 5.32 Å². The first-order valence-electron chi connectivity index (χ1n) is 12.1. The highest BCUT2D eigenvalue weighted by Crippen LogP contribution is 2.35. The first kappa shape index (κ1) is 25.4. The van der Waals surface area contributed by atoms with Crippen molar-refractivity contribution in [3.05, 3.63) is 46.8 Å². The molecule has 2 rings (SSSR count). The lowest BCUT2D eigenvalue weighted by Gasteiger charge is -2.29. The zero-order valence-corrected chi connectivity index (χ0v) is 20.7. The molecular formula is C27H42BN3. The van der Waals surface area contributed by atoms with E-state index in [1.54, 1.807) is 0 Å². The molecule has 31 heavy (non-hydrogen) atoms. The van der Waals surface area contributed by atoms with Crippen LogP contribution in [0.15, 0.2) is 24.4 Å². The molecule has 1 aliphatic carbocycles. The van der Waals surface area contributed by atoms with Gasteiger partial charge < -0.3 is 5.32 Å². The Balaban J connectivity index is 2.16. The van der Waals surface area contributed by atoms with Crippen molar-refractivity contribution in [1.82, 2.24) is 10.3 Å². The van der Waals surface area contributed by atoms with Gasteiger partial charge in [0.15, 0.2) is 0 Å². The van der Waals surface area contributed by atoms with Gasteiger partial charge in [-0.3, -0.25) is 4.98 Å². The second-order valence-corrected chi connectivity index (χ2v) is 10.1. The molecule has 4 heteroatoms. The lowest BCUT2D eigenvalue weighted by atomic mass is 9.73. The lowest BCUT2D eigenvalue weighted by molar-refractivity contribution is 0.262. The number of nitriles is 1. The first-order valence-corrected chi connectivity index (χ1v) is 12.1. The molecule has 1 saturated carbocycles. The Labute approximate surface area is 191 Å². The topological polar surface area (TPSA) is 48.7 Å². The fourth-order valence-electron chi connectivity index (χ4n) is 4.93. The molecule has 3 nitrogen and oxygen atoms in total. The van der Waals surface area contributed by atoms with Gasteiger partial charge in [-0.2, -0.15) is 5.26 Å². The fraction of sp³-hybridized carbons (Fsp3) is 0.630. The molecule has 1 aromatic heterocycles. The van der Waals surface area contributed by atoms with Crippen LogP contribution in [0.3, 0.4) is 0 Å². The quantitative estimate of drug-likeness (QED) is 0.315. The largest absolute Gasteiger partial charge is 0.316 e. The van der Waals surface area contributed by atoms with Crippen LogP contribution in [0.4, 0.5) is 0 Å². The van der Waals surface area contributed by atoms with Crippen molar-refractivity contribution in [1.29, 1.82) is 5.26 Å². The van der Waals surface area contributed by atoms with Crippen LogP contribution in [0, 0.1) is 48.9 Å². The van der Waals surface area contributed by atoms with Gasteiger partial charge in [0.2, 0.25) is 0 Å². The molecule has 0 radical (unpaired) electrons. The van der Waals surface area contributed by atoms with E-state index in [1.165, 1.54) is 40.6 Å². The second-order valence-electron chi connectivity index (χ2n) is 10.1. The summed E-state index contributed by atoms with van der Waals surface area (Å²) in [6, 6.07) is 2.50. The summed E-state index contributed by atoms with van der Waals surface area (Å²) in [5, 5.41) is 12.9. The molecule has 0 spiro atoms. The Kier molecular flexibility index (Phi) is 10.0. The average Bonchev–Trinajstić information content (AvgIpc) is 2.73. The standard InChI is InChI=1S/C27H42BN3/c1-18(2)16-30-11-10-19(3)12-25-21(5)17-31-22(6)27(25)26(28)13-20(4)24-9-7-8-23(14-24)15-29/h13,17-18,20,23-24,30H,3,7-12,14,16,28H2,1-2,4-6H3/b26-13+/t20?,23-,24+/m1/s1. The summed E-state index contributed by atoms with van der Waals surface area (Å²) in [5.74, 6) is 2.00. The molecule has 0 amide bonds. The molecule has 1 heterocycles. The summed E-state index contributed by atoms with van der Waals surface area (Å²) in [4.78, 5) is 4.68. The third-order valence-electron chi connectivity index (χ3n) is 6.77. The van der Waals surface area contributed by atoms with Gasteiger partial charge >= 0.3 is 0 Å². The number of hydrogen-bond donors (Lipinski definition) is 1. The molecule has 1 N–H and O–H groups in total. The first-order chi connectivity index (χ1) is 14.7. The predicted molar refractivity (Wildman–Crippen MR) is 136 cm³/mol. The Morgan fingerprint density at radius 1 is 1.35 bits per heavy atom. The third kappa shape index (κ3) is 7.65. The zero-order chi connectivity index (χ0) is 23.0. The Hall–Kier alpha value is -1.86. The number of pyridine rings is 1. The Morgan fingerprint density at radius 2 is 2.10 bits per heavy atom. The molecule has 0 aliphatic heterocycles. The van der Waals surface area contributed by atoms with Crippen molar-refractivity contribution in [3.63, 3.8) is 0 Å². The van der Waals surface area contributed by atoms with E-state index in [1.807, 2.05) is 6.20 Å². The van der Waals surface area contributed by atoms with Gasteiger partial charge in [-0.1, -0.05) is 50.9 Å². The van der Waals surface area contributed by atoms with Gasteiger partial charge in [0.1, 0.15) is 7.85 Å². The maximum absolute atomic E-state index is 9.36. The van der Waals surface area contributed by atoms with Crippen LogP contribution in [0.2, 0.25) is 0 Å². The van der Waals surface area contributed by atoms with Crippen LogP contribution in [0.1, 0.15) is 75.3 Å². The van der Waals surface area contributed by atoms with Crippen molar-refractivity contribution < 1.29 is 0 Å². The van der Waals surface area contributed by atoms with Gasteiger partial charge in [0.05, 0.1) is 6.07 Å². The molecule has 1 fully saturated rings. The summed E-state index contributed by atoms with van der Waals surface area (Å²) in [6.07, 6.45) is 10.9. The minimum atomic E-state index is 0.237. The van der Waals surface area contributed by atoms with Crippen LogP contribution in [-0.2, 0) is 6.42 Å². The van der Waals surface area contributed by atoms with E-state index in [2.05, 4.69) is 71.5 Å². The minimum absolute atomic E-state index is 0.237. The number of nitrogens with one attached hydrogen (secondary N) is 1. The SMILES string of the molecule is B/C(=C/C(C)[C@H]1CCC[C@@H](C#N)C1)c1c(C)ncc(C)c1CC(=C)CCNCC(C)C. The molecule has 1 unspecified atom stereocenters. The van der Waals surface area contributed by atoms with E-state index < -0.39 is 0 Å². The van der Waals surface area contributed by atoms with Crippen LogP contribution in [0.25, 0.3) is 5.47 Å². The highest BCUT2D eigenvalue weighted by molar-refractivity contribution is 6.42. The molecule has 0 saturated heterocycles. The van der Waals surface area contributed by atoms with Crippen LogP contribution in [-0.4, -0.2) is 25.9 Å². The molecule has 0 bridgehead atoms. The van der Waals surface area contributed by atoms with E-state index in [0.717, 1.165) is 44.5 Å². The number of nitrogens with zero attached hydrogens (tertiary/aromatic N) is 2. The molecular weight excluding hydrogens is 377 g/mol. The lowest BCUT2D eigenvalue weighted by Crippen LogP contribution is -2.21. The van der Waals surface area contributed by atoms with Crippen molar-refractivity contribution in [3.8, 4) is 6.07 Å². The van der Waals surface area contributed by atoms with E-state index >= 15 is 0 Å². The summed E-state index contributed by atoms with van der Waals surface area (Å²) in [7, 11) is 2.24. The van der Waals surface area contributed by atoms with E-state index in [0.29, 0.717) is 17.8 Å². The van der Waals surface area contributed by atoms with Crippen molar-refractivity contribution >= 4 is 13.3 Å². The smallest absolute Gasteiger partial charge is 0.139 e. The van der Waals surface area contributed by atoms with Gasteiger partial charge in [0, 0.05) is 17.8 Å². The average molecular weight is 419 g/mol. The number of aromatic nitrogens is 1. The maximum Gasteiger partial charge on any atom is 0.139 e. The monoisotopic (exact) mass is 419 g/mol. The molecule has 1 aliphatic rings. The van der Waals surface area contributed by atoms with Gasteiger partial charge in [0.25, 0.3) is 0 Å². The number of rotatable bonds is 10. The predicted octanol–water partition coefficient (Wildman–Crippen LogP) is 5.37. The van der Waals surface area contributed by atoms with Crippen molar-refractivity contribution in [2.24, 2.45) is 23.7 Å². The number of hydrogen-bond acceptors (Lipinski definition) is 3. The van der Waals surface area contributed by atoms with E-state index in [-0.39, 0.29) is 5.92 Å². The van der Waals surface area contributed by atoms with Crippen molar-refractivity contribution in [2.45, 2.75) is 73.1 Å². The van der Waals surface area contributed by atoms with Gasteiger partial charge in [-0.15, -0.1) is 0 Å². The summed E-state index contributed by atoms with van der Waals surface area (Å²) >= 11 is 0. The Bertz CT molecular complexity index is 819. The summed E-state index contributed by atoms with van der Waals surface area (Å²) < 4.78 is 0. The maximum atomic E-state index is 9.36. The zero-order valence-electron chi connectivity index (χ0n) is 20.7. The summed E-state index contributed by atoms with van der Waals surface area (Å²) in [6.45, 7) is 17.5. The highest BCUT2D eigenvalue weighted by Gasteiger charge is 2.25. The van der Waals surface area contributed by atoms with Crippen LogP contribution >= 0.6 is 0 Å². The normalized spacial score (nSPS) is 20.5. The van der Waals surface area contributed by atoms with E-state index in [4.69, 9.17) is 0 Å². The second kappa shape index (κ2) is 12.3. The van der Waals surface area contributed by atoms with Crippen molar-refractivity contribution in [2.75, 3.05) is 13.1 Å². The molecule has 0 aromatic carbocycles. The molecule has 168 valence electrons. The van der Waals surface area contributed by atoms with Gasteiger partial charge in [-0.05, 0) is 93.5 Å². The fourth-order valence-corrected chi connectivity index (χ4v) is 4.93. The number of aryl methyl sites for hydroxylation is 2. The Morgan fingerprint density at radius 3 is 2.77 bits per heavy atom.